The molecule has 0 spiro atoms. The quantitative estimate of drug-likeness (QED) is 0.941. The van der Waals surface area contributed by atoms with Crippen LogP contribution in [0.2, 0.25) is 5.15 Å². The van der Waals surface area contributed by atoms with Gasteiger partial charge in [-0.2, -0.15) is 5.10 Å². The molecule has 0 saturated carbocycles. The predicted molar refractivity (Wildman–Crippen MR) is 80.5 cm³/mol. The van der Waals surface area contributed by atoms with E-state index in [9.17, 15) is 9.90 Å². The third-order valence-corrected chi connectivity index (χ3v) is 3.59. The maximum absolute atomic E-state index is 11.4. The van der Waals surface area contributed by atoms with E-state index in [4.69, 9.17) is 16.3 Å². The fourth-order valence-corrected chi connectivity index (χ4v) is 2.86. The van der Waals surface area contributed by atoms with Crippen LogP contribution in [0, 0.1) is 20.8 Å². The molecule has 0 atom stereocenters. The summed E-state index contributed by atoms with van der Waals surface area (Å²) >= 11 is 6.24. The summed E-state index contributed by atoms with van der Waals surface area (Å²) in [6, 6.07) is 4.02. The third-order valence-electron chi connectivity index (χ3n) is 3.24. The van der Waals surface area contributed by atoms with Gasteiger partial charge in [-0.05, 0) is 31.9 Å². The van der Waals surface area contributed by atoms with E-state index in [1.807, 2.05) is 32.9 Å². The van der Waals surface area contributed by atoms with E-state index in [2.05, 4.69) is 5.10 Å². The molecule has 0 amide bonds. The van der Waals surface area contributed by atoms with E-state index in [1.165, 1.54) is 11.8 Å². The number of carbonyl (C=O) groups is 1. The number of aryl methyl sites for hydroxylation is 3. The van der Waals surface area contributed by atoms with Crippen LogP contribution < -0.4 is 0 Å². The highest BCUT2D eigenvalue weighted by molar-refractivity contribution is 6.33. The van der Waals surface area contributed by atoms with Crippen molar-refractivity contribution >= 4 is 17.6 Å². The lowest BCUT2D eigenvalue weighted by Gasteiger charge is -2.12. The third kappa shape index (κ3) is 2.80. The standard InChI is InChI=1S/C15H17ClN2O3/c1-8-5-9(2)13(10(3)6-8)18-14(16)12(15(19)20)11(17-18)7-21-4/h5-6H,7H2,1-4H3,(H,19,20). The number of hydrogen-bond donors (Lipinski definition) is 1. The second kappa shape index (κ2) is 5.87. The topological polar surface area (TPSA) is 64.4 Å². The van der Waals surface area contributed by atoms with Gasteiger partial charge in [0.25, 0.3) is 0 Å². The number of aromatic nitrogens is 2. The van der Waals surface area contributed by atoms with Gasteiger partial charge in [-0.15, -0.1) is 0 Å². The van der Waals surface area contributed by atoms with Gasteiger partial charge in [-0.3, -0.25) is 0 Å². The molecule has 0 aliphatic heterocycles. The molecule has 21 heavy (non-hydrogen) atoms. The van der Waals surface area contributed by atoms with Gasteiger partial charge in [0, 0.05) is 7.11 Å². The van der Waals surface area contributed by atoms with E-state index in [0.29, 0.717) is 5.69 Å². The van der Waals surface area contributed by atoms with Crippen molar-refractivity contribution in [1.82, 2.24) is 9.78 Å². The number of rotatable bonds is 4. The Morgan fingerprint density at radius 2 is 1.90 bits per heavy atom. The van der Waals surface area contributed by atoms with Crippen molar-refractivity contribution in [3.05, 3.63) is 45.2 Å². The molecule has 2 rings (SSSR count). The first-order chi connectivity index (χ1) is 9.86. The summed E-state index contributed by atoms with van der Waals surface area (Å²) < 4.78 is 6.48. The van der Waals surface area contributed by atoms with Gasteiger partial charge >= 0.3 is 5.97 Å². The van der Waals surface area contributed by atoms with Crippen LogP contribution in [-0.2, 0) is 11.3 Å². The highest BCUT2D eigenvalue weighted by Gasteiger charge is 2.24. The maximum Gasteiger partial charge on any atom is 0.340 e. The van der Waals surface area contributed by atoms with Crippen molar-refractivity contribution in [3.8, 4) is 5.69 Å². The van der Waals surface area contributed by atoms with Crippen LogP contribution in [0.1, 0.15) is 32.7 Å². The van der Waals surface area contributed by atoms with Crippen LogP contribution in [0.25, 0.3) is 5.69 Å². The van der Waals surface area contributed by atoms with Crippen LogP contribution in [0.5, 0.6) is 0 Å². The molecular weight excluding hydrogens is 292 g/mol. The SMILES string of the molecule is COCc1nn(-c2c(C)cc(C)cc2C)c(Cl)c1C(=O)O. The van der Waals surface area contributed by atoms with Gasteiger partial charge in [0.15, 0.2) is 0 Å². The molecule has 0 fully saturated rings. The zero-order valence-electron chi connectivity index (χ0n) is 12.4. The monoisotopic (exact) mass is 308 g/mol. The lowest BCUT2D eigenvalue weighted by atomic mass is 10.1. The van der Waals surface area contributed by atoms with E-state index >= 15 is 0 Å². The minimum absolute atomic E-state index is 0.0158. The molecule has 0 unspecified atom stereocenters. The second-order valence-corrected chi connectivity index (χ2v) is 5.37. The lowest BCUT2D eigenvalue weighted by molar-refractivity contribution is 0.0692. The normalized spacial score (nSPS) is 10.9. The summed E-state index contributed by atoms with van der Waals surface area (Å²) in [5, 5.41) is 13.7. The minimum Gasteiger partial charge on any atom is -0.478 e. The number of hydrogen-bond acceptors (Lipinski definition) is 3. The molecule has 1 aromatic carbocycles. The summed E-state index contributed by atoms with van der Waals surface area (Å²) in [6.07, 6.45) is 0. The van der Waals surface area contributed by atoms with Crippen molar-refractivity contribution in [2.75, 3.05) is 7.11 Å². The van der Waals surface area contributed by atoms with Gasteiger partial charge in [-0.1, -0.05) is 29.3 Å². The Bertz CT molecular complexity index is 684. The Labute approximate surface area is 128 Å². The zero-order valence-corrected chi connectivity index (χ0v) is 13.2. The van der Waals surface area contributed by atoms with E-state index < -0.39 is 5.97 Å². The fraction of sp³-hybridized carbons (Fsp3) is 0.333. The second-order valence-electron chi connectivity index (χ2n) is 5.01. The number of methoxy groups -OCH3 is 1. The fourth-order valence-electron chi connectivity index (χ4n) is 2.54. The predicted octanol–water partition coefficient (Wildman–Crippen LogP) is 3.30. The number of halogens is 1. The molecule has 0 radical (unpaired) electrons. The van der Waals surface area contributed by atoms with Crippen LogP contribution in [-0.4, -0.2) is 28.0 Å². The summed E-state index contributed by atoms with van der Waals surface area (Å²) in [6.45, 7) is 6.00. The summed E-state index contributed by atoms with van der Waals surface area (Å²) in [5.41, 5.74) is 4.20. The Balaban J connectivity index is 2.71. The van der Waals surface area contributed by atoms with Crippen molar-refractivity contribution in [2.24, 2.45) is 0 Å². The molecule has 0 bridgehead atoms. The van der Waals surface area contributed by atoms with Gasteiger partial charge in [0.1, 0.15) is 16.4 Å². The van der Waals surface area contributed by atoms with Crippen molar-refractivity contribution < 1.29 is 14.6 Å². The van der Waals surface area contributed by atoms with Crippen molar-refractivity contribution in [3.63, 3.8) is 0 Å². The highest BCUT2D eigenvalue weighted by atomic mass is 35.5. The molecule has 6 heteroatoms. The Morgan fingerprint density at radius 1 is 1.33 bits per heavy atom. The molecule has 2 aromatic rings. The van der Waals surface area contributed by atoms with Gasteiger partial charge < -0.3 is 9.84 Å². The molecule has 1 aromatic heterocycles. The van der Waals surface area contributed by atoms with Gasteiger partial charge in [-0.25, -0.2) is 9.48 Å². The van der Waals surface area contributed by atoms with Crippen LogP contribution in [0.4, 0.5) is 0 Å². The molecule has 0 aliphatic rings. The average Bonchev–Trinajstić information content (AvgIpc) is 2.65. The number of benzene rings is 1. The molecule has 0 saturated heterocycles. The number of nitrogens with zero attached hydrogens (tertiary/aromatic N) is 2. The Morgan fingerprint density at radius 3 is 2.38 bits per heavy atom. The zero-order chi connectivity index (χ0) is 15.7. The van der Waals surface area contributed by atoms with Crippen molar-refractivity contribution in [1.29, 1.82) is 0 Å². The molecule has 1 N–H and O–H groups in total. The van der Waals surface area contributed by atoms with Crippen LogP contribution >= 0.6 is 11.6 Å². The summed E-state index contributed by atoms with van der Waals surface area (Å²) in [4.78, 5) is 11.4. The van der Waals surface area contributed by atoms with Crippen LogP contribution in [0.3, 0.4) is 0 Å². The van der Waals surface area contributed by atoms with Gasteiger partial charge in [0.2, 0.25) is 0 Å². The molecule has 0 aliphatic carbocycles. The largest absolute Gasteiger partial charge is 0.478 e. The van der Waals surface area contributed by atoms with Crippen LogP contribution in [0.15, 0.2) is 12.1 Å². The molecule has 5 nitrogen and oxygen atoms in total. The number of carboxylic acids is 1. The van der Waals surface area contributed by atoms with E-state index in [-0.39, 0.29) is 17.3 Å². The first-order valence-corrected chi connectivity index (χ1v) is 6.82. The van der Waals surface area contributed by atoms with Gasteiger partial charge in [0.05, 0.1) is 12.3 Å². The molecule has 112 valence electrons. The summed E-state index contributed by atoms with van der Waals surface area (Å²) in [5.74, 6) is -1.11. The number of ether oxygens (including phenoxy) is 1. The Hall–Kier alpha value is -1.85. The smallest absolute Gasteiger partial charge is 0.340 e. The molecular formula is C15H17ClN2O3. The first kappa shape index (κ1) is 15.5. The van der Waals surface area contributed by atoms with E-state index in [0.717, 1.165) is 22.4 Å². The Kier molecular flexibility index (Phi) is 4.34. The minimum atomic E-state index is -1.11. The maximum atomic E-state index is 11.4. The summed E-state index contributed by atoms with van der Waals surface area (Å²) in [7, 11) is 1.49. The lowest BCUT2D eigenvalue weighted by Crippen LogP contribution is -2.04. The first-order valence-electron chi connectivity index (χ1n) is 6.44. The average molecular weight is 309 g/mol. The highest BCUT2D eigenvalue weighted by Crippen LogP contribution is 2.28. The van der Waals surface area contributed by atoms with Crippen molar-refractivity contribution in [2.45, 2.75) is 27.4 Å². The number of aromatic carboxylic acids is 1. The molecule has 1 heterocycles. The van der Waals surface area contributed by atoms with E-state index in [1.54, 1.807) is 0 Å². The number of carboxylic acid groups (broad SMARTS) is 1.